The van der Waals surface area contributed by atoms with Crippen LogP contribution in [-0.4, -0.2) is 27.9 Å². The number of nitrogens with one attached hydrogen (secondary N) is 1. The lowest BCUT2D eigenvalue weighted by Gasteiger charge is -2.19. The molecule has 0 bridgehead atoms. The summed E-state index contributed by atoms with van der Waals surface area (Å²) in [5.41, 5.74) is 0.491. The lowest BCUT2D eigenvalue weighted by atomic mass is 10.2. The fourth-order valence-electron chi connectivity index (χ4n) is 2.26. The van der Waals surface area contributed by atoms with E-state index in [2.05, 4.69) is 33.2 Å². The molecule has 1 saturated carbocycles. The Morgan fingerprint density at radius 2 is 2.39 bits per heavy atom. The molecule has 1 aromatic heterocycles. The van der Waals surface area contributed by atoms with Crippen molar-refractivity contribution in [1.82, 2.24) is 10.3 Å². The van der Waals surface area contributed by atoms with Crippen molar-refractivity contribution in [3.05, 3.63) is 28.5 Å². The first-order chi connectivity index (χ1) is 8.70. The highest BCUT2D eigenvalue weighted by Crippen LogP contribution is 2.30. The average molecular weight is 329 g/mol. The molecular weight excluding hydrogens is 312 g/mol. The summed E-state index contributed by atoms with van der Waals surface area (Å²) < 4.78 is 0.888. The van der Waals surface area contributed by atoms with Gasteiger partial charge in [0.1, 0.15) is 5.69 Å². The van der Waals surface area contributed by atoms with Crippen molar-refractivity contribution >= 4 is 33.6 Å². The van der Waals surface area contributed by atoms with Crippen LogP contribution in [0.3, 0.4) is 0 Å². The van der Waals surface area contributed by atoms with Gasteiger partial charge in [-0.15, -0.1) is 0 Å². The number of nitrogens with zero attached hydrogens (tertiary/aromatic N) is 1. The molecule has 98 valence electrons. The van der Waals surface area contributed by atoms with Crippen LogP contribution in [0.25, 0.3) is 0 Å². The molecular formula is C13H17BrN2OS. The topological polar surface area (TPSA) is 42.0 Å². The summed E-state index contributed by atoms with van der Waals surface area (Å²) in [6.45, 7) is 2.16. The van der Waals surface area contributed by atoms with Gasteiger partial charge in [-0.1, -0.05) is 13.3 Å². The van der Waals surface area contributed by atoms with E-state index in [1.165, 1.54) is 12.8 Å². The first-order valence-corrected chi connectivity index (χ1v) is 8.09. The molecule has 1 aromatic rings. The highest BCUT2D eigenvalue weighted by atomic mass is 79.9. The van der Waals surface area contributed by atoms with Gasteiger partial charge in [-0.3, -0.25) is 4.79 Å². The van der Waals surface area contributed by atoms with Gasteiger partial charge in [0.25, 0.3) is 5.91 Å². The number of aromatic nitrogens is 1. The minimum atomic E-state index is -0.0592. The maximum Gasteiger partial charge on any atom is 0.270 e. The Kier molecular flexibility index (Phi) is 5.06. The van der Waals surface area contributed by atoms with Crippen LogP contribution >= 0.6 is 27.7 Å². The molecule has 18 heavy (non-hydrogen) atoms. The Hall–Kier alpha value is -0.550. The van der Waals surface area contributed by atoms with Crippen molar-refractivity contribution in [2.24, 2.45) is 0 Å². The zero-order valence-corrected chi connectivity index (χ0v) is 12.8. The van der Waals surface area contributed by atoms with E-state index in [1.807, 2.05) is 17.8 Å². The van der Waals surface area contributed by atoms with Crippen molar-refractivity contribution in [1.29, 1.82) is 0 Å². The number of rotatable bonds is 4. The van der Waals surface area contributed by atoms with E-state index in [0.29, 0.717) is 17.0 Å². The quantitative estimate of drug-likeness (QED) is 0.922. The van der Waals surface area contributed by atoms with Crippen LogP contribution in [0.1, 0.15) is 36.7 Å². The van der Waals surface area contributed by atoms with Crippen LogP contribution in [-0.2, 0) is 0 Å². The zero-order valence-electron chi connectivity index (χ0n) is 10.4. The van der Waals surface area contributed by atoms with E-state index < -0.39 is 0 Å². The van der Waals surface area contributed by atoms with E-state index in [4.69, 9.17) is 0 Å². The molecule has 0 radical (unpaired) electrons. The SMILES string of the molecule is CCSC1CCCC1NC(=O)c1ccc(Br)cn1. The Morgan fingerprint density at radius 1 is 1.56 bits per heavy atom. The van der Waals surface area contributed by atoms with E-state index in [-0.39, 0.29) is 5.91 Å². The fraction of sp³-hybridized carbons (Fsp3) is 0.538. The van der Waals surface area contributed by atoms with Gasteiger partial charge >= 0.3 is 0 Å². The molecule has 0 spiro atoms. The lowest BCUT2D eigenvalue weighted by molar-refractivity contribution is 0.0933. The summed E-state index contributed by atoms with van der Waals surface area (Å²) in [5.74, 6) is 1.05. The molecule has 2 unspecified atom stereocenters. The van der Waals surface area contributed by atoms with Crippen LogP contribution in [0.5, 0.6) is 0 Å². The highest BCUT2D eigenvalue weighted by molar-refractivity contribution is 9.10. The standard InChI is InChI=1S/C13H17BrN2OS/c1-2-18-12-5-3-4-10(12)16-13(17)11-7-6-9(14)8-15-11/h6-8,10,12H,2-5H2,1H3,(H,16,17). The normalized spacial score (nSPS) is 23.0. The zero-order chi connectivity index (χ0) is 13.0. The number of hydrogen-bond acceptors (Lipinski definition) is 3. The third-order valence-electron chi connectivity index (χ3n) is 3.11. The van der Waals surface area contributed by atoms with Crippen LogP contribution < -0.4 is 5.32 Å². The number of amides is 1. The molecule has 2 rings (SSSR count). The third kappa shape index (κ3) is 3.48. The van der Waals surface area contributed by atoms with E-state index >= 15 is 0 Å². The maximum absolute atomic E-state index is 12.1. The van der Waals surface area contributed by atoms with Crippen molar-refractivity contribution in [3.8, 4) is 0 Å². The van der Waals surface area contributed by atoms with E-state index in [9.17, 15) is 4.79 Å². The second kappa shape index (κ2) is 6.57. The molecule has 5 heteroatoms. The van der Waals surface area contributed by atoms with Gasteiger partial charge in [0.05, 0.1) is 0 Å². The smallest absolute Gasteiger partial charge is 0.270 e. The van der Waals surface area contributed by atoms with E-state index in [0.717, 1.165) is 16.6 Å². The van der Waals surface area contributed by atoms with Crippen LogP contribution in [0, 0.1) is 0 Å². The molecule has 0 aromatic carbocycles. The molecule has 1 N–H and O–H groups in total. The summed E-state index contributed by atoms with van der Waals surface area (Å²) in [6.07, 6.45) is 5.15. The minimum Gasteiger partial charge on any atom is -0.347 e. The molecule has 1 heterocycles. The maximum atomic E-state index is 12.1. The highest BCUT2D eigenvalue weighted by Gasteiger charge is 2.28. The van der Waals surface area contributed by atoms with Gasteiger partial charge in [0.15, 0.2) is 0 Å². The second-order valence-electron chi connectivity index (χ2n) is 4.37. The van der Waals surface area contributed by atoms with Gasteiger partial charge in [0, 0.05) is 22.0 Å². The summed E-state index contributed by atoms with van der Waals surface area (Å²) in [5, 5.41) is 3.68. The van der Waals surface area contributed by atoms with Gasteiger partial charge in [-0.05, 0) is 46.7 Å². The molecule has 1 aliphatic rings. The van der Waals surface area contributed by atoms with Crippen molar-refractivity contribution in [2.75, 3.05) is 5.75 Å². The van der Waals surface area contributed by atoms with Gasteiger partial charge in [0.2, 0.25) is 0 Å². The van der Waals surface area contributed by atoms with Gasteiger partial charge in [-0.2, -0.15) is 11.8 Å². The van der Waals surface area contributed by atoms with Crippen molar-refractivity contribution in [3.63, 3.8) is 0 Å². The fourth-order valence-corrected chi connectivity index (χ4v) is 3.69. The summed E-state index contributed by atoms with van der Waals surface area (Å²) in [7, 11) is 0. The first-order valence-electron chi connectivity index (χ1n) is 6.24. The molecule has 0 aliphatic heterocycles. The second-order valence-corrected chi connectivity index (χ2v) is 6.80. The number of pyridine rings is 1. The molecule has 2 atom stereocenters. The molecule has 1 fully saturated rings. The van der Waals surface area contributed by atoms with Crippen LogP contribution in [0.2, 0.25) is 0 Å². The van der Waals surface area contributed by atoms with Gasteiger partial charge in [-0.25, -0.2) is 4.98 Å². The van der Waals surface area contributed by atoms with Crippen molar-refractivity contribution in [2.45, 2.75) is 37.5 Å². The number of halogens is 1. The Labute approximate surface area is 120 Å². The Balaban J connectivity index is 1.96. The number of thioether (sulfide) groups is 1. The molecule has 1 amide bonds. The van der Waals surface area contributed by atoms with Gasteiger partial charge < -0.3 is 5.32 Å². The number of hydrogen-bond donors (Lipinski definition) is 1. The largest absolute Gasteiger partial charge is 0.347 e. The number of carbonyl (C=O) groups excluding carboxylic acids is 1. The Morgan fingerprint density at radius 3 is 3.06 bits per heavy atom. The van der Waals surface area contributed by atoms with Crippen LogP contribution in [0.15, 0.2) is 22.8 Å². The minimum absolute atomic E-state index is 0.0592. The predicted molar refractivity (Wildman–Crippen MR) is 79.0 cm³/mol. The predicted octanol–water partition coefficient (Wildman–Crippen LogP) is 3.25. The third-order valence-corrected chi connectivity index (χ3v) is 4.90. The summed E-state index contributed by atoms with van der Waals surface area (Å²) in [4.78, 5) is 16.2. The van der Waals surface area contributed by atoms with E-state index in [1.54, 1.807) is 12.3 Å². The lowest BCUT2D eigenvalue weighted by Crippen LogP contribution is -2.39. The molecule has 3 nitrogen and oxygen atoms in total. The molecule has 1 aliphatic carbocycles. The molecule has 0 saturated heterocycles. The first kappa shape index (κ1) is 13.9. The van der Waals surface area contributed by atoms with Crippen LogP contribution in [0.4, 0.5) is 0 Å². The van der Waals surface area contributed by atoms with Crippen molar-refractivity contribution < 1.29 is 4.79 Å². The monoisotopic (exact) mass is 328 g/mol. The summed E-state index contributed by atoms with van der Waals surface area (Å²) >= 11 is 5.26. The average Bonchev–Trinajstić information content (AvgIpc) is 2.78. The summed E-state index contributed by atoms with van der Waals surface area (Å²) in [6, 6.07) is 3.89. The Bertz CT molecular complexity index is 410. The number of carbonyl (C=O) groups is 1.